The van der Waals surface area contributed by atoms with Crippen molar-refractivity contribution in [1.29, 1.82) is 0 Å². The summed E-state index contributed by atoms with van der Waals surface area (Å²) in [5, 5.41) is 19.0. The molecule has 1 rings (SSSR count). The highest BCUT2D eigenvalue weighted by Crippen LogP contribution is 2.23. The van der Waals surface area contributed by atoms with Crippen molar-refractivity contribution >= 4 is 17.9 Å². The van der Waals surface area contributed by atoms with Crippen LogP contribution in [-0.4, -0.2) is 34.2 Å². The zero-order valence-electron chi connectivity index (χ0n) is 12.9. The van der Waals surface area contributed by atoms with Crippen LogP contribution in [0.3, 0.4) is 0 Å². The molecule has 1 atom stereocenters. The van der Waals surface area contributed by atoms with Crippen molar-refractivity contribution in [3.8, 4) is 0 Å². The number of aliphatic hydroxyl groups excluding tert-OH is 1. The molecule has 0 aliphatic heterocycles. The molecule has 0 aromatic heterocycles. The molecule has 2 N–H and O–H groups in total. The van der Waals surface area contributed by atoms with E-state index in [1.165, 1.54) is 13.0 Å². The molecule has 0 spiro atoms. The third kappa shape index (κ3) is 4.65. The van der Waals surface area contributed by atoms with Gasteiger partial charge in [-0.3, -0.25) is 0 Å². The van der Waals surface area contributed by atoms with Crippen LogP contribution in [0.4, 0.5) is 0 Å². The fourth-order valence-electron chi connectivity index (χ4n) is 2.12. The monoisotopic (exact) mass is 322 g/mol. The Kier molecular flexibility index (Phi) is 6.47. The first kappa shape index (κ1) is 18.4. The molecule has 0 aliphatic carbocycles. The van der Waals surface area contributed by atoms with Gasteiger partial charge in [0.2, 0.25) is 0 Å². The minimum atomic E-state index is -1.34. The van der Waals surface area contributed by atoms with Crippen molar-refractivity contribution in [3.05, 3.63) is 47.0 Å². The van der Waals surface area contributed by atoms with Gasteiger partial charge in [0.25, 0.3) is 0 Å². The topological polar surface area (TPSA) is 110 Å². The van der Waals surface area contributed by atoms with Gasteiger partial charge in [-0.05, 0) is 37.0 Å². The number of hydrogen-bond acceptors (Lipinski definition) is 6. The lowest BCUT2D eigenvalue weighted by atomic mass is 9.91. The Hall–Kier alpha value is -2.67. The van der Waals surface area contributed by atoms with E-state index in [1.807, 2.05) is 6.92 Å². The summed E-state index contributed by atoms with van der Waals surface area (Å²) in [6, 6.07) is 2.87. The SMILES string of the molecule is C=CC(=O)OOC(=O)c1ccc(CC)c(CC(C)O)c1C(=O)O. The fraction of sp³-hybridized carbons (Fsp3) is 0.312. The zero-order chi connectivity index (χ0) is 17.6. The van der Waals surface area contributed by atoms with Crippen molar-refractivity contribution in [1.82, 2.24) is 0 Å². The number of rotatable bonds is 6. The minimum Gasteiger partial charge on any atom is -0.478 e. The Morgan fingerprint density at radius 2 is 1.96 bits per heavy atom. The van der Waals surface area contributed by atoms with E-state index in [0.717, 1.165) is 6.08 Å². The Bertz CT molecular complexity index is 632. The lowest BCUT2D eigenvalue weighted by Crippen LogP contribution is -2.19. The Morgan fingerprint density at radius 3 is 2.43 bits per heavy atom. The molecule has 0 heterocycles. The molecule has 7 nitrogen and oxygen atoms in total. The number of carboxylic acid groups (broad SMARTS) is 1. The summed E-state index contributed by atoms with van der Waals surface area (Å²) in [5.41, 5.74) is 0.509. The lowest BCUT2D eigenvalue weighted by Gasteiger charge is -2.15. The van der Waals surface area contributed by atoms with Gasteiger partial charge in [0.15, 0.2) is 0 Å². The zero-order valence-corrected chi connectivity index (χ0v) is 12.9. The summed E-state index contributed by atoms with van der Waals surface area (Å²) in [7, 11) is 0. The van der Waals surface area contributed by atoms with Crippen molar-refractivity contribution in [2.24, 2.45) is 0 Å². The van der Waals surface area contributed by atoms with Crippen LogP contribution >= 0.6 is 0 Å². The highest BCUT2D eigenvalue weighted by Gasteiger charge is 2.25. The smallest absolute Gasteiger partial charge is 0.387 e. The number of carbonyl (C=O) groups is 3. The maximum atomic E-state index is 12.0. The highest BCUT2D eigenvalue weighted by molar-refractivity contribution is 6.03. The molecule has 1 aromatic rings. The molecule has 0 bridgehead atoms. The molecule has 0 saturated carbocycles. The van der Waals surface area contributed by atoms with E-state index >= 15 is 0 Å². The van der Waals surface area contributed by atoms with Gasteiger partial charge in [0, 0.05) is 6.08 Å². The molecule has 0 saturated heterocycles. The van der Waals surface area contributed by atoms with E-state index in [2.05, 4.69) is 16.4 Å². The van der Waals surface area contributed by atoms with E-state index < -0.39 is 24.0 Å². The summed E-state index contributed by atoms with van der Waals surface area (Å²) >= 11 is 0. The van der Waals surface area contributed by atoms with Crippen molar-refractivity contribution in [2.75, 3.05) is 0 Å². The van der Waals surface area contributed by atoms with Crippen molar-refractivity contribution in [3.63, 3.8) is 0 Å². The van der Waals surface area contributed by atoms with E-state index in [9.17, 15) is 24.6 Å². The second kappa shape index (κ2) is 8.09. The largest absolute Gasteiger partial charge is 0.478 e. The molecule has 7 heteroatoms. The molecule has 1 unspecified atom stereocenters. The second-order valence-corrected chi connectivity index (χ2v) is 4.81. The van der Waals surface area contributed by atoms with Gasteiger partial charge in [0.05, 0.1) is 17.2 Å². The molecule has 23 heavy (non-hydrogen) atoms. The van der Waals surface area contributed by atoms with Crippen LogP contribution in [0.25, 0.3) is 0 Å². The number of carboxylic acids is 1. The number of aryl methyl sites for hydroxylation is 1. The summed E-state index contributed by atoms with van der Waals surface area (Å²) in [4.78, 5) is 42.9. The first-order valence-electron chi connectivity index (χ1n) is 6.93. The standard InChI is InChI=1S/C16H18O7/c1-4-10-6-7-11(16(21)23-22-13(18)5-2)14(15(19)20)12(10)8-9(3)17/h5-7,9,17H,2,4,8H2,1,3H3,(H,19,20). The van der Waals surface area contributed by atoms with Crippen LogP contribution in [0, 0.1) is 0 Å². The van der Waals surface area contributed by atoms with E-state index in [4.69, 9.17) is 0 Å². The number of carbonyl (C=O) groups excluding carboxylic acids is 2. The summed E-state index contributed by atoms with van der Waals surface area (Å²) in [5.74, 6) is -3.44. The number of aromatic carboxylic acids is 1. The highest BCUT2D eigenvalue weighted by atomic mass is 17.2. The molecule has 0 amide bonds. The van der Waals surface area contributed by atoms with Crippen molar-refractivity contribution in [2.45, 2.75) is 32.8 Å². The minimum absolute atomic E-state index is 0.0678. The summed E-state index contributed by atoms with van der Waals surface area (Å²) in [6.07, 6.45) is 0.606. The second-order valence-electron chi connectivity index (χ2n) is 4.81. The lowest BCUT2D eigenvalue weighted by molar-refractivity contribution is -0.228. The molecule has 0 fully saturated rings. The predicted molar refractivity (Wildman–Crippen MR) is 79.9 cm³/mol. The first-order valence-corrected chi connectivity index (χ1v) is 6.93. The van der Waals surface area contributed by atoms with Gasteiger partial charge < -0.3 is 10.2 Å². The van der Waals surface area contributed by atoms with Gasteiger partial charge in [-0.25, -0.2) is 24.2 Å². The third-order valence-electron chi connectivity index (χ3n) is 3.09. The van der Waals surface area contributed by atoms with Crippen LogP contribution in [-0.2, 0) is 27.4 Å². The molecule has 124 valence electrons. The summed E-state index contributed by atoms with van der Waals surface area (Å²) < 4.78 is 0. The molecule has 0 radical (unpaired) electrons. The number of aliphatic hydroxyl groups is 1. The van der Waals surface area contributed by atoms with Gasteiger partial charge in [0.1, 0.15) is 0 Å². The average Bonchev–Trinajstić information content (AvgIpc) is 2.50. The maximum absolute atomic E-state index is 12.0. The molecule has 0 aliphatic rings. The van der Waals surface area contributed by atoms with Crippen LogP contribution in [0.2, 0.25) is 0 Å². The van der Waals surface area contributed by atoms with Crippen LogP contribution < -0.4 is 0 Å². The van der Waals surface area contributed by atoms with Crippen LogP contribution in [0.1, 0.15) is 45.7 Å². The predicted octanol–water partition coefficient (Wildman–Crippen LogP) is 1.67. The van der Waals surface area contributed by atoms with Gasteiger partial charge >= 0.3 is 17.9 Å². The maximum Gasteiger partial charge on any atom is 0.387 e. The van der Waals surface area contributed by atoms with E-state index in [1.54, 1.807) is 6.07 Å². The number of hydrogen-bond donors (Lipinski definition) is 2. The first-order chi connectivity index (χ1) is 10.8. The Morgan fingerprint density at radius 1 is 1.30 bits per heavy atom. The third-order valence-corrected chi connectivity index (χ3v) is 3.09. The van der Waals surface area contributed by atoms with Gasteiger partial charge in [-0.2, -0.15) is 0 Å². The van der Waals surface area contributed by atoms with Gasteiger partial charge in [-0.15, -0.1) is 0 Å². The van der Waals surface area contributed by atoms with Gasteiger partial charge in [-0.1, -0.05) is 19.6 Å². The van der Waals surface area contributed by atoms with Crippen molar-refractivity contribution < 1.29 is 34.4 Å². The molecule has 1 aromatic carbocycles. The normalized spacial score (nSPS) is 11.4. The van der Waals surface area contributed by atoms with Crippen LogP contribution in [0.15, 0.2) is 24.8 Å². The molecular formula is C16H18O7. The number of benzene rings is 1. The average molecular weight is 322 g/mol. The molecular weight excluding hydrogens is 304 g/mol. The van der Waals surface area contributed by atoms with E-state index in [-0.39, 0.29) is 17.5 Å². The quantitative estimate of drug-likeness (QED) is 0.465. The van der Waals surface area contributed by atoms with E-state index in [0.29, 0.717) is 17.5 Å². The fourth-order valence-corrected chi connectivity index (χ4v) is 2.12. The Balaban J connectivity index is 3.31. The Labute approximate surface area is 133 Å². The summed E-state index contributed by atoms with van der Waals surface area (Å²) in [6.45, 7) is 6.48. The van der Waals surface area contributed by atoms with Crippen LogP contribution in [0.5, 0.6) is 0 Å².